The molecule has 1 amide bonds. The monoisotopic (exact) mass is 331 g/mol. The van der Waals surface area contributed by atoms with E-state index in [4.69, 9.17) is 34.8 Å². The molecule has 0 spiro atoms. The molecule has 2 aromatic rings. The topological polar surface area (TPSA) is 46.9 Å². The first-order chi connectivity index (χ1) is 9.47. The second-order valence-electron chi connectivity index (χ2n) is 4.22. The lowest BCUT2D eigenvalue weighted by Crippen LogP contribution is -2.15. The number of amides is 1. The summed E-state index contributed by atoms with van der Waals surface area (Å²) in [4.78, 5) is 11.9. The SMILES string of the molecule is Cc1nn(CCC(=O)Nc2c(Cl)cccc2Cl)cc1Cl. The Bertz CT molecular complexity index is 600. The van der Waals surface area contributed by atoms with Gasteiger partial charge in [0.15, 0.2) is 0 Å². The fourth-order valence-corrected chi connectivity index (χ4v) is 2.29. The Morgan fingerprint density at radius 2 is 1.90 bits per heavy atom. The Hall–Kier alpha value is -1.23. The van der Waals surface area contributed by atoms with Crippen molar-refractivity contribution in [1.82, 2.24) is 9.78 Å². The van der Waals surface area contributed by atoms with E-state index in [1.807, 2.05) is 6.92 Å². The third-order valence-electron chi connectivity index (χ3n) is 2.68. The number of carbonyl (C=O) groups excluding carboxylic acids is 1. The van der Waals surface area contributed by atoms with Gasteiger partial charge in [-0.25, -0.2) is 0 Å². The molecule has 0 fully saturated rings. The molecule has 2 rings (SSSR count). The van der Waals surface area contributed by atoms with Crippen LogP contribution in [0, 0.1) is 6.92 Å². The molecule has 1 heterocycles. The summed E-state index contributed by atoms with van der Waals surface area (Å²) < 4.78 is 1.63. The fourth-order valence-electron chi connectivity index (χ4n) is 1.64. The van der Waals surface area contributed by atoms with Crippen molar-refractivity contribution in [3.63, 3.8) is 0 Å². The van der Waals surface area contributed by atoms with Crippen LogP contribution in [0.2, 0.25) is 15.1 Å². The highest BCUT2D eigenvalue weighted by Gasteiger charge is 2.10. The van der Waals surface area contributed by atoms with E-state index in [1.54, 1.807) is 29.1 Å². The van der Waals surface area contributed by atoms with Crippen LogP contribution in [-0.2, 0) is 11.3 Å². The van der Waals surface area contributed by atoms with Crippen molar-refractivity contribution < 1.29 is 4.79 Å². The maximum atomic E-state index is 11.9. The summed E-state index contributed by atoms with van der Waals surface area (Å²) in [5.41, 5.74) is 1.16. The van der Waals surface area contributed by atoms with Crippen molar-refractivity contribution in [2.75, 3.05) is 5.32 Å². The molecule has 0 aliphatic heterocycles. The number of halogens is 3. The second kappa shape index (κ2) is 6.48. The van der Waals surface area contributed by atoms with E-state index in [0.29, 0.717) is 27.3 Å². The normalized spacial score (nSPS) is 10.6. The average Bonchev–Trinajstić information content (AvgIpc) is 2.71. The molecule has 0 saturated heterocycles. The van der Waals surface area contributed by atoms with Gasteiger partial charge in [-0.2, -0.15) is 5.10 Å². The lowest BCUT2D eigenvalue weighted by atomic mass is 10.3. The van der Waals surface area contributed by atoms with Gasteiger partial charge in [0.2, 0.25) is 5.91 Å². The Morgan fingerprint density at radius 3 is 2.45 bits per heavy atom. The van der Waals surface area contributed by atoms with E-state index in [9.17, 15) is 4.79 Å². The minimum Gasteiger partial charge on any atom is -0.323 e. The van der Waals surface area contributed by atoms with Crippen molar-refractivity contribution in [3.05, 3.63) is 45.2 Å². The van der Waals surface area contributed by atoms with Crippen molar-refractivity contribution in [1.29, 1.82) is 0 Å². The molecule has 20 heavy (non-hydrogen) atoms. The van der Waals surface area contributed by atoms with E-state index in [-0.39, 0.29) is 12.3 Å². The molecule has 0 aliphatic rings. The number of aryl methyl sites for hydroxylation is 2. The highest BCUT2D eigenvalue weighted by atomic mass is 35.5. The number of nitrogens with one attached hydrogen (secondary N) is 1. The number of rotatable bonds is 4. The van der Waals surface area contributed by atoms with Gasteiger partial charge in [-0.3, -0.25) is 9.48 Å². The Balaban J connectivity index is 1.96. The van der Waals surface area contributed by atoms with Crippen LogP contribution in [0.15, 0.2) is 24.4 Å². The number of anilines is 1. The van der Waals surface area contributed by atoms with Crippen molar-refractivity contribution in [3.8, 4) is 0 Å². The van der Waals surface area contributed by atoms with Crippen molar-refractivity contribution >= 4 is 46.4 Å². The summed E-state index contributed by atoms with van der Waals surface area (Å²) in [6, 6.07) is 5.05. The number of hydrogen-bond acceptors (Lipinski definition) is 2. The van der Waals surface area contributed by atoms with Gasteiger partial charge >= 0.3 is 0 Å². The van der Waals surface area contributed by atoms with Crippen LogP contribution in [0.5, 0.6) is 0 Å². The molecule has 7 heteroatoms. The van der Waals surface area contributed by atoms with E-state index in [0.717, 1.165) is 5.69 Å². The van der Waals surface area contributed by atoms with Gasteiger partial charge in [-0.1, -0.05) is 40.9 Å². The van der Waals surface area contributed by atoms with Crippen LogP contribution >= 0.6 is 34.8 Å². The summed E-state index contributed by atoms with van der Waals surface area (Å²) in [7, 11) is 0. The molecule has 1 N–H and O–H groups in total. The van der Waals surface area contributed by atoms with Gasteiger partial charge < -0.3 is 5.32 Å². The first kappa shape index (κ1) is 15.2. The molecule has 106 valence electrons. The standard InChI is InChI=1S/C13H12Cl3N3O/c1-8-11(16)7-19(18-8)6-5-12(20)17-13-9(14)3-2-4-10(13)15/h2-4,7H,5-6H2,1H3,(H,17,20). The summed E-state index contributed by atoms with van der Waals surface area (Å²) >= 11 is 17.9. The Kier molecular flexibility index (Phi) is 4.91. The molecule has 0 unspecified atom stereocenters. The lowest BCUT2D eigenvalue weighted by molar-refractivity contribution is -0.116. The third-order valence-corrected chi connectivity index (χ3v) is 3.68. The number of hydrogen-bond donors (Lipinski definition) is 1. The third kappa shape index (κ3) is 3.66. The maximum absolute atomic E-state index is 11.9. The molecule has 4 nitrogen and oxygen atoms in total. The average molecular weight is 333 g/mol. The van der Waals surface area contributed by atoms with E-state index in [2.05, 4.69) is 10.4 Å². The van der Waals surface area contributed by atoms with Crippen LogP contribution in [0.4, 0.5) is 5.69 Å². The molecule has 0 atom stereocenters. The minimum atomic E-state index is -0.190. The highest BCUT2D eigenvalue weighted by Crippen LogP contribution is 2.29. The van der Waals surface area contributed by atoms with Crippen LogP contribution in [-0.4, -0.2) is 15.7 Å². The van der Waals surface area contributed by atoms with Crippen LogP contribution in [0.25, 0.3) is 0 Å². The second-order valence-corrected chi connectivity index (χ2v) is 5.44. The van der Waals surface area contributed by atoms with Crippen LogP contribution in [0.3, 0.4) is 0 Å². The molecule has 0 radical (unpaired) electrons. The first-order valence-electron chi connectivity index (χ1n) is 5.91. The van der Waals surface area contributed by atoms with Gasteiger partial charge in [0.25, 0.3) is 0 Å². The van der Waals surface area contributed by atoms with Gasteiger partial charge in [0.1, 0.15) is 0 Å². The minimum absolute atomic E-state index is 0.190. The molecule has 0 aliphatic carbocycles. The number of para-hydroxylation sites is 1. The Morgan fingerprint density at radius 1 is 1.25 bits per heavy atom. The molecule has 0 saturated carbocycles. The molecule has 0 bridgehead atoms. The lowest BCUT2D eigenvalue weighted by Gasteiger charge is -2.09. The van der Waals surface area contributed by atoms with Crippen molar-refractivity contribution in [2.24, 2.45) is 0 Å². The van der Waals surface area contributed by atoms with Gasteiger partial charge in [-0.05, 0) is 19.1 Å². The quantitative estimate of drug-likeness (QED) is 0.913. The molecular weight excluding hydrogens is 321 g/mol. The largest absolute Gasteiger partial charge is 0.323 e. The predicted molar refractivity (Wildman–Crippen MR) is 81.7 cm³/mol. The zero-order valence-corrected chi connectivity index (χ0v) is 12.9. The number of aromatic nitrogens is 2. The highest BCUT2D eigenvalue weighted by molar-refractivity contribution is 6.39. The molecular formula is C13H12Cl3N3O. The van der Waals surface area contributed by atoms with Gasteiger partial charge in [-0.15, -0.1) is 0 Å². The maximum Gasteiger partial charge on any atom is 0.226 e. The van der Waals surface area contributed by atoms with E-state index < -0.39 is 0 Å². The molecule has 1 aromatic heterocycles. The van der Waals surface area contributed by atoms with Gasteiger partial charge in [0.05, 0.1) is 26.4 Å². The number of nitrogens with zero attached hydrogens (tertiary/aromatic N) is 2. The van der Waals surface area contributed by atoms with Crippen LogP contribution < -0.4 is 5.32 Å². The summed E-state index contributed by atoms with van der Waals surface area (Å²) in [6.07, 6.45) is 1.94. The smallest absolute Gasteiger partial charge is 0.226 e. The number of benzene rings is 1. The summed E-state index contributed by atoms with van der Waals surface area (Å²) in [5, 5.41) is 8.27. The zero-order chi connectivity index (χ0) is 14.7. The van der Waals surface area contributed by atoms with Crippen LogP contribution in [0.1, 0.15) is 12.1 Å². The summed E-state index contributed by atoms with van der Waals surface area (Å²) in [5.74, 6) is -0.190. The van der Waals surface area contributed by atoms with Crippen molar-refractivity contribution in [2.45, 2.75) is 19.9 Å². The zero-order valence-electron chi connectivity index (χ0n) is 10.7. The van der Waals surface area contributed by atoms with E-state index in [1.165, 1.54) is 0 Å². The molecule has 1 aromatic carbocycles. The van der Waals surface area contributed by atoms with E-state index >= 15 is 0 Å². The van der Waals surface area contributed by atoms with Gasteiger partial charge in [0, 0.05) is 19.2 Å². The first-order valence-corrected chi connectivity index (χ1v) is 7.04. The fraction of sp³-hybridized carbons (Fsp3) is 0.231. The predicted octanol–water partition coefficient (Wildman–Crippen LogP) is 4.18. The Labute approximate surface area is 131 Å². The summed E-state index contributed by atoms with van der Waals surface area (Å²) in [6.45, 7) is 2.24. The number of carbonyl (C=O) groups is 1.